The Balaban J connectivity index is 2.03. The van der Waals surface area contributed by atoms with Gasteiger partial charge in [-0.2, -0.15) is 0 Å². The molecule has 0 amide bonds. The summed E-state index contributed by atoms with van der Waals surface area (Å²) in [6.07, 6.45) is 2.73. The van der Waals surface area contributed by atoms with E-state index in [9.17, 15) is 9.59 Å². The lowest BCUT2D eigenvalue weighted by atomic mass is 9.87. The molecule has 0 N–H and O–H groups in total. The molecule has 2 saturated heterocycles. The van der Waals surface area contributed by atoms with Crippen molar-refractivity contribution in [2.24, 2.45) is 0 Å². The minimum Gasteiger partial charge on any atom is -0.460 e. The Labute approximate surface area is 100 Å². The summed E-state index contributed by atoms with van der Waals surface area (Å²) in [6, 6.07) is 0. The number of fused-ring (bicyclic) bond motifs is 2. The number of rotatable bonds is 2. The zero-order valence-electron chi connectivity index (χ0n) is 10.2. The van der Waals surface area contributed by atoms with Crippen LogP contribution in [0, 0.1) is 0 Å². The highest BCUT2D eigenvalue weighted by Crippen LogP contribution is 2.34. The van der Waals surface area contributed by atoms with E-state index in [1.165, 1.54) is 13.8 Å². The molecule has 17 heavy (non-hydrogen) atoms. The van der Waals surface area contributed by atoms with Gasteiger partial charge >= 0.3 is 11.9 Å². The summed E-state index contributed by atoms with van der Waals surface area (Å²) in [5.41, 5.74) is 0. The lowest BCUT2D eigenvalue weighted by molar-refractivity contribution is -0.214. The number of ether oxygens (including phenoxy) is 3. The van der Waals surface area contributed by atoms with Gasteiger partial charge in [0.2, 0.25) is 0 Å². The van der Waals surface area contributed by atoms with E-state index in [0.717, 1.165) is 19.3 Å². The highest BCUT2D eigenvalue weighted by atomic mass is 16.6. The van der Waals surface area contributed by atoms with E-state index in [2.05, 4.69) is 0 Å². The van der Waals surface area contributed by atoms with Crippen LogP contribution >= 0.6 is 0 Å². The van der Waals surface area contributed by atoms with E-state index >= 15 is 0 Å². The van der Waals surface area contributed by atoms with Crippen LogP contribution in [0.15, 0.2) is 0 Å². The van der Waals surface area contributed by atoms with Crippen LogP contribution in [0.5, 0.6) is 0 Å². The highest BCUT2D eigenvalue weighted by molar-refractivity contribution is 5.66. The molecule has 2 bridgehead atoms. The second kappa shape index (κ2) is 5.04. The van der Waals surface area contributed by atoms with Gasteiger partial charge in [0.15, 0.2) is 0 Å². The maximum Gasteiger partial charge on any atom is 0.302 e. The largest absolute Gasteiger partial charge is 0.460 e. The average Bonchev–Trinajstić information content (AvgIpc) is 2.24. The van der Waals surface area contributed by atoms with Crippen molar-refractivity contribution in [1.82, 2.24) is 0 Å². The van der Waals surface area contributed by atoms with E-state index in [-0.39, 0.29) is 36.4 Å². The molecule has 4 atom stereocenters. The SMILES string of the molecule is CC(=O)O[C@H]1C[C@@H](OC(C)=O)[C@H]2CCC[C@@H]1O2. The van der Waals surface area contributed by atoms with Crippen LogP contribution in [0.4, 0.5) is 0 Å². The monoisotopic (exact) mass is 242 g/mol. The van der Waals surface area contributed by atoms with Crippen LogP contribution in [-0.2, 0) is 23.8 Å². The summed E-state index contributed by atoms with van der Waals surface area (Å²) < 4.78 is 16.3. The van der Waals surface area contributed by atoms with E-state index in [0.29, 0.717) is 6.42 Å². The van der Waals surface area contributed by atoms with Gasteiger partial charge in [0, 0.05) is 20.3 Å². The fourth-order valence-electron chi connectivity index (χ4n) is 2.63. The Bertz CT molecular complexity index is 286. The number of hydrogen-bond donors (Lipinski definition) is 0. The minimum atomic E-state index is -0.316. The molecular weight excluding hydrogens is 224 g/mol. The van der Waals surface area contributed by atoms with Crippen LogP contribution in [0.1, 0.15) is 39.5 Å². The summed E-state index contributed by atoms with van der Waals surface area (Å²) in [6.45, 7) is 2.77. The summed E-state index contributed by atoms with van der Waals surface area (Å²) in [5, 5.41) is 0. The lowest BCUT2D eigenvalue weighted by Crippen LogP contribution is -2.52. The molecule has 2 rings (SSSR count). The van der Waals surface area contributed by atoms with Crippen molar-refractivity contribution < 1.29 is 23.8 Å². The summed E-state index contributed by atoms with van der Waals surface area (Å²) in [7, 11) is 0. The van der Waals surface area contributed by atoms with Gasteiger partial charge in [-0.15, -0.1) is 0 Å². The van der Waals surface area contributed by atoms with Crippen molar-refractivity contribution in [1.29, 1.82) is 0 Å². The van der Waals surface area contributed by atoms with Gasteiger partial charge in [-0.05, 0) is 19.3 Å². The fourth-order valence-corrected chi connectivity index (χ4v) is 2.63. The summed E-state index contributed by atoms with van der Waals surface area (Å²) >= 11 is 0. The molecule has 0 aromatic carbocycles. The predicted octanol–water partition coefficient (Wildman–Crippen LogP) is 1.19. The fraction of sp³-hybridized carbons (Fsp3) is 0.833. The van der Waals surface area contributed by atoms with Crippen molar-refractivity contribution in [3.05, 3.63) is 0 Å². The van der Waals surface area contributed by atoms with Gasteiger partial charge in [0.25, 0.3) is 0 Å². The minimum absolute atomic E-state index is 0.0375. The molecule has 96 valence electrons. The smallest absolute Gasteiger partial charge is 0.302 e. The van der Waals surface area contributed by atoms with Crippen molar-refractivity contribution in [3.8, 4) is 0 Å². The molecule has 0 aliphatic carbocycles. The molecule has 2 fully saturated rings. The van der Waals surface area contributed by atoms with E-state index in [1.54, 1.807) is 0 Å². The highest BCUT2D eigenvalue weighted by Gasteiger charge is 2.43. The predicted molar refractivity (Wildman–Crippen MR) is 58.2 cm³/mol. The molecule has 5 nitrogen and oxygen atoms in total. The Morgan fingerprint density at radius 2 is 1.47 bits per heavy atom. The first-order valence-corrected chi connectivity index (χ1v) is 6.06. The number of carbonyl (C=O) groups is 2. The Morgan fingerprint density at radius 3 is 1.88 bits per heavy atom. The quantitative estimate of drug-likeness (QED) is 0.681. The van der Waals surface area contributed by atoms with Crippen molar-refractivity contribution in [2.45, 2.75) is 63.9 Å². The van der Waals surface area contributed by atoms with Crippen molar-refractivity contribution in [2.75, 3.05) is 0 Å². The topological polar surface area (TPSA) is 61.8 Å². The molecule has 0 radical (unpaired) electrons. The lowest BCUT2D eigenvalue weighted by Gasteiger charge is -2.43. The zero-order valence-corrected chi connectivity index (χ0v) is 10.2. The van der Waals surface area contributed by atoms with Crippen LogP contribution in [0.3, 0.4) is 0 Å². The number of hydrogen-bond acceptors (Lipinski definition) is 5. The van der Waals surface area contributed by atoms with Gasteiger partial charge in [0.1, 0.15) is 12.2 Å². The normalized spacial score (nSPS) is 36.1. The molecule has 2 aliphatic heterocycles. The van der Waals surface area contributed by atoms with Crippen LogP contribution in [0.2, 0.25) is 0 Å². The maximum atomic E-state index is 11.0. The first-order chi connectivity index (χ1) is 8.06. The van der Waals surface area contributed by atoms with E-state index < -0.39 is 0 Å². The van der Waals surface area contributed by atoms with Gasteiger partial charge in [-0.25, -0.2) is 0 Å². The Hall–Kier alpha value is -1.10. The molecule has 2 aliphatic rings. The average molecular weight is 242 g/mol. The molecule has 0 unspecified atom stereocenters. The third kappa shape index (κ3) is 2.97. The van der Waals surface area contributed by atoms with Crippen LogP contribution in [0.25, 0.3) is 0 Å². The van der Waals surface area contributed by atoms with Gasteiger partial charge in [-0.3, -0.25) is 9.59 Å². The molecular formula is C12H18O5. The summed E-state index contributed by atoms with van der Waals surface area (Å²) in [5.74, 6) is -0.631. The van der Waals surface area contributed by atoms with Crippen LogP contribution < -0.4 is 0 Å². The second-order valence-electron chi connectivity index (χ2n) is 4.68. The Kier molecular flexibility index (Phi) is 3.66. The van der Waals surface area contributed by atoms with E-state index in [4.69, 9.17) is 14.2 Å². The molecule has 0 aromatic rings. The molecule has 0 saturated carbocycles. The Morgan fingerprint density at radius 1 is 1.00 bits per heavy atom. The molecule has 0 aromatic heterocycles. The van der Waals surface area contributed by atoms with E-state index in [1.807, 2.05) is 0 Å². The van der Waals surface area contributed by atoms with Gasteiger partial charge < -0.3 is 14.2 Å². The summed E-state index contributed by atoms with van der Waals surface area (Å²) in [4.78, 5) is 22.0. The first-order valence-electron chi connectivity index (χ1n) is 6.06. The maximum absolute atomic E-state index is 11.0. The first kappa shape index (κ1) is 12.4. The van der Waals surface area contributed by atoms with Gasteiger partial charge in [0.05, 0.1) is 12.2 Å². The van der Waals surface area contributed by atoms with Crippen molar-refractivity contribution >= 4 is 11.9 Å². The molecule has 0 spiro atoms. The molecule has 2 heterocycles. The van der Waals surface area contributed by atoms with Gasteiger partial charge in [-0.1, -0.05) is 0 Å². The molecule has 5 heteroatoms. The second-order valence-corrected chi connectivity index (χ2v) is 4.68. The third-order valence-corrected chi connectivity index (χ3v) is 3.26. The number of carbonyl (C=O) groups excluding carboxylic acids is 2. The van der Waals surface area contributed by atoms with Crippen molar-refractivity contribution in [3.63, 3.8) is 0 Å². The zero-order chi connectivity index (χ0) is 12.4. The number of esters is 2. The standard InChI is InChI=1S/C12H18O5/c1-7(13)15-11-6-12(16-8(2)14)10-5-3-4-9(11)17-10/h9-12H,3-6H2,1-2H3/t9-,10+,11-,12+. The van der Waals surface area contributed by atoms with Crippen LogP contribution in [-0.4, -0.2) is 36.4 Å². The third-order valence-electron chi connectivity index (χ3n) is 3.26.